The van der Waals surface area contributed by atoms with Gasteiger partial charge in [0.05, 0.1) is 6.61 Å². The lowest BCUT2D eigenvalue weighted by Gasteiger charge is -2.11. The van der Waals surface area contributed by atoms with Crippen molar-refractivity contribution in [3.8, 4) is 5.75 Å². The number of ether oxygens (including phenoxy) is 1. The molecule has 12 heavy (non-hydrogen) atoms. The molecule has 1 aromatic rings. The van der Waals surface area contributed by atoms with E-state index in [0.717, 1.165) is 0 Å². The monoisotopic (exact) mass is 168 g/mol. The highest BCUT2D eigenvalue weighted by Crippen LogP contribution is 2.13. The summed E-state index contributed by atoms with van der Waals surface area (Å²) >= 11 is 0. The van der Waals surface area contributed by atoms with Crippen LogP contribution in [-0.4, -0.2) is 17.9 Å². The van der Waals surface area contributed by atoms with Crippen LogP contribution in [-0.2, 0) is 0 Å². The molecule has 0 radical (unpaired) electrons. The van der Waals surface area contributed by atoms with E-state index in [9.17, 15) is 0 Å². The first kappa shape index (κ1) is 8.83. The van der Waals surface area contributed by atoms with Gasteiger partial charge in [0.2, 0.25) is 0 Å². The van der Waals surface area contributed by atoms with Gasteiger partial charge in [0.25, 0.3) is 0 Å². The third-order valence-electron chi connectivity index (χ3n) is 1.35. The van der Waals surface area contributed by atoms with Crippen LogP contribution in [0.1, 0.15) is 0 Å². The summed E-state index contributed by atoms with van der Waals surface area (Å²) in [5.74, 6) is 0.603. The lowest BCUT2D eigenvalue weighted by atomic mass is 10.3. The summed E-state index contributed by atoms with van der Waals surface area (Å²) in [7, 11) is 0. The smallest absolute Gasteiger partial charge is 0.170 e. The van der Waals surface area contributed by atoms with Crippen molar-refractivity contribution in [2.75, 3.05) is 12.3 Å². The van der Waals surface area contributed by atoms with Crippen LogP contribution >= 0.6 is 0 Å². The zero-order chi connectivity index (χ0) is 8.97. The Balaban J connectivity index is 2.58. The standard InChI is InChI=1S/C8H12N2O2/c9-6-1-3-7(4-2-6)12-8(10)5-11/h1-4,8,11H,5,9-10H2. The molecule has 0 saturated carbocycles. The average Bonchev–Trinajstić information content (AvgIpc) is 2.09. The molecule has 1 atom stereocenters. The molecule has 0 fully saturated rings. The molecule has 0 aromatic heterocycles. The van der Waals surface area contributed by atoms with Crippen LogP contribution in [0.2, 0.25) is 0 Å². The zero-order valence-corrected chi connectivity index (χ0v) is 6.60. The van der Waals surface area contributed by atoms with E-state index in [0.29, 0.717) is 11.4 Å². The van der Waals surface area contributed by atoms with E-state index in [-0.39, 0.29) is 6.61 Å². The largest absolute Gasteiger partial charge is 0.473 e. The molecule has 0 aliphatic carbocycles. The van der Waals surface area contributed by atoms with E-state index in [1.54, 1.807) is 24.3 Å². The van der Waals surface area contributed by atoms with Crippen molar-refractivity contribution < 1.29 is 9.84 Å². The summed E-state index contributed by atoms with van der Waals surface area (Å²) in [6, 6.07) is 6.81. The molecule has 4 nitrogen and oxygen atoms in total. The molecule has 1 aromatic carbocycles. The van der Waals surface area contributed by atoms with Crippen molar-refractivity contribution in [3.05, 3.63) is 24.3 Å². The molecule has 66 valence electrons. The third-order valence-corrected chi connectivity index (χ3v) is 1.35. The molecule has 0 aliphatic rings. The molecule has 0 saturated heterocycles. The molecule has 5 N–H and O–H groups in total. The molecule has 0 bridgehead atoms. The zero-order valence-electron chi connectivity index (χ0n) is 6.60. The number of hydrogen-bond donors (Lipinski definition) is 3. The molecule has 4 heteroatoms. The minimum absolute atomic E-state index is 0.204. The van der Waals surface area contributed by atoms with Gasteiger partial charge in [0.15, 0.2) is 6.23 Å². The van der Waals surface area contributed by atoms with Gasteiger partial charge in [0, 0.05) is 5.69 Å². The number of aliphatic hydroxyl groups is 1. The quantitative estimate of drug-likeness (QED) is 0.435. The summed E-state index contributed by atoms with van der Waals surface area (Å²) in [4.78, 5) is 0. The van der Waals surface area contributed by atoms with Crippen LogP contribution in [0.4, 0.5) is 5.69 Å². The maximum absolute atomic E-state index is 8.58. The van der Waals surface area contributed by atoms with Gasteiger partial charge in [0.1, 0.15) is 5.75 Å². The maximum atomic E-state index is 8.58. The van der Waals surface area contributed by atoms with Gasteiger partial charge in [-0.1, -0.05) is 0 Å². The van der Waals surface area contributed by atoms with Crippen LogP contribution in [0.15, 0.2) is 24.3 Å². The van der Waals surface area contributed by atoms with Crippen LogP contribution in [0.5, 0.6) is 5.75 Å². The second-order valence-corrected chi connectivity index (χ2v) is 2.41. The fourth-order valence-corrected chi connectivity index (χ4v) is 0.758. The Morgan fingerprint density at radius 2 is 1.92 bits per heavy atom. The van der Waals surface area contributed by atoms with Crippen molar-refractivity contribution in [1.29, 1.82) is 0 Å². The van der Waals surface area contributed by atoms with E-state index in [4.69, 9.17) is 21.3 Å². The van der Waals surface area contributed by atoms with E-state index < -0.39 is 6.23 Å². The Kier molecular flexibility index (Phi) is 2.90. The van der Waals surface area contributed by atoms with Gasteiger partial charge in [-0.2, -0.15) is 0 Å². The number of hydrogen-bond acceptors (Lipinski definition) is 4. The van der Waals surface area contributed by atoms with Crippen LogP contribution in [0, 0.1) is 0 Å². The first-order chi connectivity index (χ1) is 5.72. The molecule has 0 aliphatic heterocycles. The Morgan fingerprint density at radius 3 is 2.42 bits per heavy atom. The Morgan fingerprint density at radius 1 is 1.33 bits per heavy atom. The highest BCUT2D eigenvalue weighted by Gasteiger charge is 2.00. The van der Waals surface area contributed by atoms with Crippen molar-refractivity contribution in [3.63, 3.8) is 0 Å². The summed E-state index contributed by atoms with van der Waals surface area (Å²) in [6.45, 7) is -0.204. The maximum Gasteiger partial charge on any atom is 0.170 e. The number of rotatable bonds is 3. The number of nitrogen functional groups attached to an aromatic ring is 1. The lowest BCUT2D eigenvalue weighted by molar-refractivity contribution is 0.121. The molecule has 1 rings (SSSR count). The average molecular weight is 168 g/mol. The van der Waals surface area contributed by atoms with Gasteiger partial charge < -0.3 is 15.6 Å². The highest BCUT2D eigenvalue weighted by atomic mass is 16.5. The third kappa shape index (κ3) is 2.41. The summed E-state index contributed by atoms with van der Waals surface area (Å²) in [5, 5.41) is 8.58. The van der Waals surface area contributed by atoms with Gasteiger partial charge in [-0.3, -0.25) is 5.73 Å². The van der Waals surface area contributed by atoms with E-state index in [2.05, 4.69) is 0 Å². The highest BCUT2D eigenvalue weighted by molar-refractivity contribution is 5.41. The number of nitrogens with two attached hydrogens (primary N) is 2. The number of benzene rings is 1. The molecular formula is C8H12N2O2. The van der Waals surface area contributed by atoms with Crippen LogP contribution in [0.25, 0.3) is 0 Å². The molecule has 0 amide bonds. The minimum atomic E-state index is -0.673. The Bertz CT molecular complexity index is 235. The van der Waals surface area contributed by atoms with Crippen molar-refractivity contribution in [2.45, 2.75) is 6.23 Å². The predicted molar refractivity (Wildman–Crippen MR) is 46.5 cm³/mol. The Hall–Kier alpha value is -1.26. The molecule has 0 spiro atoms. The SMILES string of the molecule is Nc1ccc(OC(N)CO)cc1. The van der Waals surface area contributed by atoms with Crippen LogP contribution in [0.3, 0.4) is 0 Å². The normalized spacial score (nSPS) is 12.5. The predicted octanol–water partition coefficient (Wildman–Crippen LogP) is -0.0753. The van der Waals surface area contributed by atoms with Gasteiger partial charge in [-0.25, -0.2) is 0 Å². The van der Waals surface area contributed by atoms with E-state index in [1.165, 1.54) is 0 Å². The molecular weight excluding hydrogens is 156 g/mol. The van der Waals surface area contributed by atoms with Gasteiger partial charge >= 0.3 is 0 Å². The second kappa shape index (κ2) is 3.94. The summed E-state index contributed by atoms with van der Waals surface area (Å²) in [6.07, 6.45) is -0.673. The van der Waals surface area contributed by atoms with Gasteiger partial charge in [-0.05, 0) is 24.3 Å². The lowest BCUT2D eigenvalue weighted by Crippen LogP contribution is -2.30. The first-order valence-corrected chi connectivity index (χ1v) is 3.61. The van der Waals surface area contributed by atoms with E-state index >= 15 is 0 Å². The fourth-order valence-electron chi connectivity index (χ4n) is 0.758. The topological polar surface area (TPSA) is 81.5 Å². The number of anilines is 1. The van der Waals surface area contributed by atoms with Crippen LogP contribution < -0.4 is 16.2 Å². The number of aliphatic hydroxyl groups excluding tert-OH is 1. The summed E-state index contributed by atoms with van der Waals surface area (Å²) in [5.41, 5.74) is 11.5. The fraction of sp³-hybridized carbons (Fsp3) is 0.250. The molecule has 1 unspecified atom stereocenters. The second-order valence-electron chi connectivity index (χ2n) is 2.41. The Labute approximate surface area is 70.7 Å². The molecule has 0 heterocycles. The first-order valence-electron chi connectivity index (χ1n) is 3.61. The van der Waals surface area contributed by atoms with Crippen molar-refractivity contribution in [2.24, 2.45) is 5.73 Å². The minimum Gasteiger partial charge on any atom is -0.473 e. The van der Waals surface area contributed by atoms with Gasteiger partial charge in [-0.15, -0.1) is 0 Å². The van der Waals surface area contributed by atoms with Crippen molar-refractivity contribution >= 4 is 5.69 Å². The summed E-state index contributed by atoms with van der Waals surface area (Å²) < 4.78 is 5.09. The van der Waals surface area contributed by atoms with E-state index in [1.807, 2.05) is 0 Å². The van der Waals surface area contributed by atoms with Crippen molar-refractivity contribution in [1.82, 2.24) is 0 Å².